The number of rotatable bonds is 9. The van der Waals surface area contributed by atoms with Crippen LogP contribution in [0, 0.1) is 0 Å². The number of methoxy groups -OCH3 is 1. The topological polar surface area (TPSA) is 105 Å². The SMILES string of the molecule is COc1cc2c(cc1Nc1ncc(C(N)=O)c(Nc3ccccc3CC(C)c3ccccc3)n1)CN(C)CC2. The number of likely N-dealkylation sites (N-methyl/N-ethyl adjacent to an activating group) is 1. The molecule has 1 unspecified atom stereocenters. The lowest BCUT2D eigenvalue weighted by atomic mass is 9.93. The Bertz CT molecular complexity index is 1470. The van der Waals surface area contributed by atoms with Gasteiger partial charge in [-0.15, -0.1) is 0 Å². The van der Waals surface area contributed by atoms with Crippen molar-refractivity contribution >= 4 is 29.0 Å². The minimum Gasteiger partial charge on any atom is -0.495 e. The van der Waals surface area contributed by atoms with Gasteiger partial charge < -0.3 is 26.0 Å². The summed E-state index contributed by atoms with van der Waals surface area (Å²) in [5, 5.41) is 6.65. The molecule has 8 nitrogen and oxygen atoms in total. The number of fused-ring (bicyclic) bond motifs is 1. The highest BCUT2D eigenvalue weighted by Gasteiger charge is 2.19. The number of carbonyl (C=O) groups is 1. The van der Waals surface area contributed by atoms with Crippen LogP contribution in [0.25, 0.3) is 0 Å². The maximum Gasteiger partial charge on any atom is 0.254 e. The second kappa shape index (κ2) is 11.5. The number of anilines is 4. The van der Waals surface area contributed by atoms with Gasteiger partial charge in [-0.05, 0) is 66.3 Å². The molecule has 1 amide bonds. The monoisotopic (exact) mass is 522 g/mol. The summed E-state index contributed by atoms with van der Waals surface area (Å²) >= 11 is 0. The van der Waals surface area contributed by atoms with Gasteiger partial charge in [-0.2, -0.15) is 4.98 Å². The fourth-order valence-electron chi connectivity index (χ4n) is 5.01. The van der Waals surface area contributed by atoms with Gasteiger partial charge in [-0.3, -0.25) is 4.79 Å². The number of amides is 1. The molecule has 1 aliphatic rings. The van der Waals surface area contributed by atoms with E-state index in [2.05, 4.69) is 81.9 Å². The van der Waals surface area contributed by atoms with E-state index in [1.165, 1.54) is 22.9 Å². The van der Waals surface area contributed by atoms with Gasteiger partial charge >= 0.3 is 0 Å². The van der Waals surface area contributed by atoms with Crippen LogP contribution < -0.4 is 21.1 Å². The molecular weight excluding hydrogens is 488 g/mol. The normalized spacial score (nSPS) is 13.8. The van der Waals surface area contributed by atoms with Crippen LogP contribution in [0.4, 0.5) is 23.1 Å². The molecule has 1 atom stereocenters. The number of primary amides is 1. The lowest BCUT2D eigenvalue weighted by Crippen LogP contribution is -2.26. The van der Waals surface area contributed by atoms with Crippen molar-refractivity contribution < 1.29 is 9.53 Å². The van der Waals surface area contributed by atoms with E-state index in [1.807, 2.05) is 24.3 Å². The van der Waals surface area contributed by atoms with Crippen molar-refractivity contribution in [3.63, 3.8) is 0 Å². The zero-order valence-corrected chi connectivity index (χ0v) is 22.6. The van der Waals surface area contributed by atoms with Gasteiger partial charge in [0.05, 0.1) is 12.8 Å². The number of aromatic nitrogens is 2. The first-order valence-corrected chi connectivity index (χ1v) is 13.1. The van der Waals surface area contributed by atoms with Crippen molar-refractivity contribution in [2.24, 2.45) is 5.73 Å². The lowest BCUT2D eigenvalue weighted by molar-refractivity contribution is 0.100. The summed E-state index contributed by atoms with van der Waals surface area (Å²) in [6, 6.07) is 22.6. The Morgan fingerprint density at radius 1 is 1.05 bits per heavy atom. The van der Waals surface area contributed by atoms with Crippen LogP contribution in [0.15, 0.2) is 72.9 Å². The summed E-state index contributed by atoms with van der Waals surface area (Å²) in [6.45, 7) is 4.08. The van der Waals surface area contributed by atoms with E-state index in [0.717, 1.165) is 48.6 Å². The van der Waals surface area contributed by atoms with Gasteiger partial charge in [0.25, 0.3) is 5.91 Å². The molecule has 0 bridgehead atoms. The van der Waals surface area contributed by atoms with Crippen LogP contribution in [-0.2, 0) is 19.4 Å². The van der Waals surface area contributed by atoms with Crippen molar-refractivity contribution in [3.8, 4) is 5.75 Å². The van der Waals surface area contributed by atoms with Crippen molar-refractivity contribution in [1.29, 1.82) is 0 Å². The van der Waals surface area contributed by atoms with Crippen molar-refractivity contribution in [3.05, 3.63) is 101 Å². The van der Waals surface area contributed by atoms with Crippen molar-refractivity contribution in [2.45, 2.75) is 32.2 Å². The number of carbonyl (C=O) groups excluding carboxylic acids is 1. The molecule has 8 heteroatoms. The molecule has 0 radical (unpaired) electrons. The van der Waals surface area contributed by atoms with E-state index in [4.69, 9.17) is 10.5 Å². The van der Waals surface area contributed by atoms with Crippen molar-refractivity contribution in [1.82, 2.24) is 14.9 Å². The summed E-state index contributed by atoms with van der Waals surface area (Å²) in [5.41, 5.74) is 12.4. The van der Waals surface area contributed by atoms with Gasteiger partial charge in [0.1, 0.15) is 17.1 Å². The molecule has 2 heterocycles. The number of hydrogen-bond donors (Lipinski definition) is 3. The van der Waals surface area contributed by atoms with Crippen LogP contribution in [-0.4, -0.2) is 41.5 Å². The fraction of sp³-hybridized carbons (Fsp3) is 0.258. The van der Waals surface area contributed by atoms with Crippen LogP contribution in [0.3, 0.4) is 0 Å². The average molecular weight is 523 g/mol. The number of ether oxygens (including phenoxy) is 1. The van der Waals surface area contributed by atoms with E-state index >= 15 is 0 Å². The zero-order valence-electron chi connectivity index (χ0n) is 22.6. The number of nitrogens with zero attached hydrogens (tertiary/aromatic N) is 3. The highest BCUT2D eigenvalue weighted by Crippen LogP contribution is 2.34. The van der Waals surface area contributed by atoms with Crippen LogP contribution in [0.2, 0.25) is 0 Å². The number of benzene rings is 3. The first-order chi connectivity index (χ1) is 18.9. The molecule has 0 spiro atoms. The average Bonchev–Trinajstić information content (AvgIpc) is 2.94. The van der Waals surface area contributed by atoms with E-state index in [9.17, 15) is 4.79 Å². The number of nitrogens with two attached hydrogens (primary N) is 1. The van der Waals surface area contributed by atoms with Gasteiger partial charge in [-0.25, -0.2) is 4.98 Å². The number of nitrogens with one attached hydrogen (secondary N) is 2. The quantitative estimate of drug-likeness (QED) is 0.270. The van der Waals surface area contributed by atoms with Gasteiger partial charge in [-0.1, -0.05) is 55.5 Å². The second-order valence-corrected chi connectivity index (χ2v) is 10.1. The van der Waals surface area contributed by atoms with Crippen LogP contribution in [0.1, 0.15) is 45.5 Å². The van der Waals surface area contributed by atoms with E-state index < -0.39 is 5.91 Å². The summed E-state index contributed by atoms with van der Waals surface area (Å²) in [6.07, 6.45) is 3.24. The molecule has 1 aromatic heterocycles. The molecule has 5 rings (SSSR count). The Morgan fingerprint density at radius 3 is 2.59 bits per heavy atom. The molecule has 0 aliphatic carbocycles. The molecule has 3 aromatic carbocycles. The number of hydrogen-bond acceptors (Lipinski definition) is 7. The Kier molecular flexibility index (Phi) is 7.74. The van der Waals surface area contributed by atoms with Crippen LogP contribution in [0.5, 0.6) is 5.75 Å². The molecule has 4 N–H and O–H groups in total. The smallest absolute Gasteiger partial charge is 0.254 e. The first-order valence-electron chi connectivity index (χ1n) is 13.1. The molecule has 1 aliphatic heterocycles. The highest BCUT2D eigenvalue weighted by molar-refractivity contribution is 5.98. The standard InChI is InChI=1S/C31H34N6O2/c1-20(21-9-5-4-6-10-21)15-23-11-7-8-12-26(23)34-30-25(29(32)38)18-33-31(36-30)35-27-16-24-19-37(2)14-13-22(24)17-28(27)39-3/h4-12,16-18,20H,13-15,19H2,1-3H3,(H2,32,38)(H2,33,34,35,36). The second-order valence-electron chi connectivity index (χ2n) is 10.1. The Labute approximate surface area is 229 Å². The Morgan fingerprint density at radius 2 is 1.82 bits per heavy atom. The molecule has 0 saturated carbocycles. The molecule has 4 aromatic rings. The summed E-state index contributed by atoms with van der Waals surface area (Å²) in [4.78, 5) is 23.6. The van der Waals surface area contributed by atoms with Gasteiger partial charge in [0.15, 0.2) is 0 Å². The maximum atomic E-state index is 12.3. The third-order valence-electron chi connectivity index (χ3n) is 7.19. The first kappa shape index (κ1) is 26.2. The minimum absolute atomic E-state index is 0.213. The Balaban J connectivity index is 1.44. The van der Waals surface area contributed by atoms with Gasteiger partial charge in [0.2, 0.25) is 5.95 Å². The molecule has 39 heavy (non-hydrogen) atoms. The fourth-order valence-corrected chi connectivity index (χ4v) is 5.01. The third kappa shape index (κ3) is 6.02. The zero-order chi connectivity index (χ0) is 27.4. The lowest BCUT2D eigenvalue weighted by Gasteiger charge is -2.26. The molecule has 200 valence electrons. The van der Waals surface area contributed by atoms with E-state index in [1.54, 1.807) is 7.11 Å². The maximum absolute atomic E-state index is 12.3. The third-order valence-corrected chi connectivity index (χ3v) is 7.19. The van der Waals surface area contributed by atoms with E-state index in [0.29, 0.717) is 17.7 Å². The summed E-state index contributed by atoms with van der Waals surface area (Å²) in [5.74, 6) is 1.10. The van der Waals surface area contributed by atoms with Gasteiger partial charge in [0, 0.05) is 25.0 Å². The van der Waals surface area contributed by atoms with Crippen LogP contribution >= 0.6 is 0 Å². The largest absolute Gasteiger partial charge is 0.495 e. The van der Waals surface area contributed by atoms with Crippen molar-refractivity contribution in [2.75, 3.05) is 31.3 Å². The molecule has 0 saturated heterocycles. The number of para-hydroxylation sites is 1. The predicted molar refractivity (Wildman–Crippen MR) is 155 cm³/mol. The predicted octanol–water partition coefficient (Wildman–Crippen LogP) is 5.41. The highest BCUT2D eigenvalue weighted by atomic mass is 16.5. The summed E-state index contributed by atoms with van der Waals surface area (Å²) < 4.78 is 5.67. The molecule has 0 fully saturated rings. The Hall–Kier alpha value is -4.43. The minimum atomic E-state index is -0.603. The summed E-state index contributed by atoms with van der Waals surface area (Å²) in [7, 11) is 3.77. The van der Waals surface area contributed by atoms with E-state index in [-0.39, 0.29) is 5.56 Å². The molecular formula is C31H34N6O2.